The van der Waals surface area contributed by atoms with Crippen LogP contribution < -0.4 is 15.4 Å². The number of carbonyl (C=O) groups excluding carboxylic acids is 3. The van der Waals surface area contributed by atoms with Gasteiger partial charge in [0.2, 0.25) is 5.91 Å². The lowest BCUT2D eigenvalue weighted by molar-refractivity contribution is -0.150. The van der Waals surface area contributed by atoms with Gasteiger partial charge >= 0.3 is 5.97 Å². The first-order chi connectivity index (χ1) is 26.8. The molecule has 3 heterocycles. The number of benzene rings is 4. The molecule has 4 aromatic carbocycles. The molecule has 2 N–H and O–H groups in total. The molecule has 1 fully saturated rings. The first-order valence-corrected chi connectivity index (χ1v) is 19.5. The van der Waals surface area contributed by atoms with Crippen molar-refractivity contribution in [3.05, 3.63) is 160 Å². The van der Waals surface area contributed by atoms with E-state index in [0.717, 1.165) is 22.9 Å². The number of amides is 2. The summed E-state index contributed by atoms with van der Waals surface area (Å²) in [5.74, 6) is -1.25. The number of carbonyl (C=O) groups is 3. The number of hydrogen-bond donors (Lipinski definition) is 2. The van der Waals surface area contributed by atoms with E-state index in [-0.39, 0.29) is 36.1 Å². The number of thioether (sulfide) groups is 1. The lowest BCUT2D eigenvalue weighted by Gasteiger charge is -2.51. The van der Waals surface area contributed by atoms with Crippen LogP contribution in [0.25, 0.3) is 0 Å². The Kier molecular flexibility index (Phi) is 11.2. The average molecular weight is 794 g/mol. The van der Waals surface area contributed by atoms with Crippen LogP contribution >= 0.6 is 34.7 Å². The molecule has 55 heavy (non-hydrogen) atoms. The van der Waals surface area contributed by atoms with E-state index >= 15 is 0 Å². The second-order valence-electron chi connectivity index (χ2n) is 12.5. The molecule has 0 saturated carbocycles. The molecule has 7 rings (SSSR count). The first-order valence-electron chi connectivity index (χ1n) is 17.2. The molecule has 14 heteroatoms. The normalized spacial score (nSPS) is 18.0. The third-order valence-electron chi connectivity index (χ3n) is 9.38. The fourth-order valence-corrected chi connectivity index (χ4v) is 9.73. The highest BCUT2D eigenvalue weighted by Crippen LogP contribution is 2.55. The quantitative estimate of drug-likeness (QED) is 0.0305. The number of halogens is 1. The van der Waals surface area contributed by atoms with Gasteiger partial charge in [0.1, 0.15) is 36.9 Å². The Labute approximate surface area is 331 Å². The minimum atomic E-state index is -1.51. The molecule has 2 aliphatic rings. The van der Waals surface area contributed by atoms with Crippen molar-refractivity contribution >= 4 is 63.8 Å². The highest BCUT2D eigenvalue weighted by Gasteiger charge is 2.57. The monoisotopic (exact) mass is 793 g/mol. The summed E-state index contributed by atoms with van der Waals surface area (Å²) in [4.78, 5) is 50.6. The van der Waals surface area contributed by atoms with Crippen molar-refractivity contribution < 1.29 is 28.7 Å². The molecule has 0 radical (unpaired) electrons. The zero-order valence-corrected chi connectivity index (χ0v) is 32.2. The van der Waals surface area contributed by atoms with E-state index in [4.69, 9.17) is 30.9 Å². The lowest BCUT2D eigenvalue weighted by Crippen LogP contribution is -2.61. The van der Waals surface area contributed by atoms with Crippen molar-refractivity contribution in [3.8, 4) is 5.75 Å². The Morgan fingerprint density at radius 3 is 2.07 bits per heavy atom. The molecule has 11 nitrogen and oxygen atoms in total. The summed E-state index contributed by atoms with van der Waals surface area (Å²) in [6, 6.07) is 37.4. The molecule has 1 aromatic heterocycles. The molecule has 0 spiro atoms. The number of aromatic nitrogens is 1. The SMILES string of the molecule is CON=CC(=O)NC1(c2csc(NC(c3ccccc3)(c3ccccc3)c3ccccc3)n2)S[C@H]2CC(=O)N2C(C(=O)OCc2ccc(OC)cc2)=C1CCl. The number of thiazole rings is 1. The highest BCUT2D eigenvalue weighted by molar-refractivity contribution is 8.01. The number of anilines is 1. The van der Waals surface area contributed by atoms with Crippen LogP contribution in [-0.2, 0) is 41.0 Å². The van der Waals surface area contributed by atoms with Gasteiger partial charge in [-0.2, -0.15) is 0 Å². The van der Waals surface area contributed by atoms with Gasteiger partial charge in [-0.15, -0.1) is 22.9 Å². The summed E-state index contributed by atoms with van der Waals surface area (Å²) in [6.07, 6.45) is 1.11. The first kappa shape index (κ1) is 37.7. The van der Waals surface area contributed by atoms with Gasteiger partial charge in [0.05, 0.1) is 24.6 Å². The van der Waals surface area contributed by atoms with Crippen LogP contribution in [0.2, 0.25) is 0 Å². The summed E-state index contributed by atoms with van der Waals surface area (Å²) < 4.78 is 11.0. The van der Waals surface area contributed by atoms with Gasteiger partial charge in [-0.25, -0.2) is 9.78 Å². The number of fused-ring (bicyclic) bond motifs is 1. The number of alkyl halides is 1. The maximum atomic E-state index is 14.1. The maximum Gasteiger partial charge on any atom is 0.355 e. The number of oxime groups is 1. The van der Waals surface area contributed by atoms with Crippen molar-refractivity contribution in [1.29, 1.82) is 0 Å². The van der Waals surface area contributed by atoms with E-state index in [0.29, 0.717) is 22.1 Å². The van der Waals surface area contributed by atoms with Gasteiger partial charge < -0.3 is 24.9 Å². The molecular formula is C41H36ClN5O6S2. The Morgan fingerprint density at radius 2 is 1.55 bits per heavy atom. The standard InChI is InChI=1S/C41H36ClN5O6S2/c1-51-31-20-18-27(19-21-31)25-53-38(50)37-32(23-42)41(45-34(48)24-43-52-2,55-36-22-35(49)47(36)37)33-26-54-39(44-33)46-40(28-12-6-3-7-13-28,29-14-8-4-9-15-29)30-16-10-5-11-17-30/h3-21,24,26,36H,22-23,25H2,1-2H3,(H,44,46)(H,45,48)/t36-,41?/m0/s1. The van der Waals surface area contributed by atoms with Gasteiger partial charge in [0, 0.05) is 16.8 Å². The lowest BCUT2D eigenvalue weighted by atomic mass is 9.77. The summed E-state index contributed by atoms with van der Waals surface area (Å²) in [5.41, 5.74) is 3.33. The van der Waals surface area contributed by atoms with Gasteiger partial charge in [-0.05, 0) is 34.4 Å². The fourth-order valence-electron chi connectivity index (χ4n) is 6.78. The molecule has 0 aliphatic carbocycles. The average Bonchev–Trinajstić information content (AvgIpc) is 3.71. The van der Waals surface area contributed by atoms with E-state index in [2.05, 4.69) is 52.2 Å². The molecular weight excluding hydrogens is 758 g/mol. The number of nitrogens with one attached hydrogen (secondary N) is 2. The van der Waals surface area contributed by atoms with Crippen molar-refractivity contribution in [3.63, 3.8) is 0 Å². The largest absolute Gasteiger partial charge is 0.497 e. The molecule has 0 bridgehead atoms. The van der Waals surface area contributed by atoms with Crippen LogP contribution in [0, 0.1) is 0 Å². The second-order valence-corrected chi connectivity index (χ2v) is 15.0. The van der Waals surface area contributed by atoms with Gasteiger partial charge in [0.25, 0.3) is 5.91 Å². The van der Waals surface area contributed by atoms with E-state index < -0.39 is 27.7 Å². The molecule has 2 amide bonds. The Bertz CT molecular complexity index is 2120. The Morgan fingerprint density at radius 1 is 0.945 bits per heavy atom. The Balaban J connectivity index is 1.35. The fraction of sp³-hybridized carbons (Fsp3) is 0.195. The number of esters is 1. The molecule has 2 atom stereocenters. The summed E-state index contributed by atoms with van der Waals surface area (Å²) in [5, 5.41) is 12.3. The minimum Gasteiger partial charge on any atom is -0.497 e. The number of nitrogens with zero attached hydrogens (tertiary/aromatic N) is 3. The number of rotatable bonds is 14. The second kappa shape index (κ2) is 16.4. The van der Waals surface area contributed by atoms with Gasteiger partial charge in [-0.3, -0.25) is 14.5 Å². The number of ether oxygens (including phenoxy) is 2. The zero-order valence-electron chi connectivity index (χ0n) is 29.8. The summed E-state index contributed by atoms with van der Waals surface area (Å²) >= 11 is 9.35. The number of β-lactam (4-membered cyclic amide) rings is 1. The van der Waals surface area contributed by atoms with E-state index in [9.17, 15) is 14.4 Å². The van der Waals surface area contributed by atoms with Crippen molar-refractivity contribution in [2.45, 2.75) is 28.8 Å². The van der Waals surface area contributed by atoms with E-state index in [1.807, 2.05) is 60.0 Å². The third kappa shape index (κ3) is 7.30. The maximum absolute atomic E-state index is 14.1. The van der Waals surface area contributed by atoms with Gasteiger partial charge in [0.15, 0.2) is 10.0 Å². The van der Waals surface area contributed by atoms with Crippen molar-refractivity contribution in [1.82, 2.24) is 15.2 Å². The number of hydrogen-bond acceptors (Lipinski definition) is 11. The smallest absolute Gasteiger partial charge is 0.355 e. The Hall–Kier alpha value is -5.63. The van der Waals surface area contributed by atoms with Crippen LogP contribution in [0.1, 0.15) is 34.4 Å². The van der Waals surface area contributed by atoms with Crippen LogP contribution in [-0.4, -0.2) is 59.4 Å². The summed E-state index contributed by atoms with van der Waals surface area (Å²) in [6.45, 7) is -0.0765. The molecule has 280 valence electrons. The van der Waals surface area contributed by atoms with Gasteiger partial charge in [-0.1, -0.05) is 120 Å². The molecule has 5 aromatic rings. The van der Waals surface area contributed by atoms with Crippen LogP contribution in [0.3, 0.4) is 0 Å². The molecule has 1 unspecified atom stereocenters. The predicted octanol–water partition coefficient (Wildman–Crippen LogP) is 7.00. The highest BCUT2D eigenvalue weighted by atomic mass is 35.5. The zero-order chi connectivity index (χ0) is 38.4. The minimum absolute atomic E-state index is 0.0396. The molecule has 2 aliphatic heterocycles. The van der Waals surface area contributed by atoms with E-state index in [1.165, 1.54) is 35.1 Å². The predicted molar refractivity (Wildman–Crippen MR) is 214 cm³/mol. The van der Waals surface area contributed by atoms with Crippen LogP contribution in [0.5, 0.6) is 5.75 Å². The van der Waals surface area contributed by atoms with Crippen molar-refractivity contribution in [2.24, 2.45) is 5.16 Å². The van der Waals surface area contributed by atoms with Crippen LogP contribution in [0.15, 0.2) is 137 Å². The van der Waals surface area contributed by atoms with Crippen LogP contribution in [0.4, 0.5) is 5.13 Å². The third-order valence-corrected chi connectivity index (χ3v) is 12.0. The topological polar surface area (TPSA) is 131 Å². The number of methoxy groups -OCH3 is 1. The summed E-state index contributed by atoms with van der Waals surface area (Å²) in [7, 11) is 2.89. The van der Waals surface area contributed by atoms with Crippen molar-refractivity contribution in [2.75, 3.05) is 25.4 Å². The molecule has 1 saturated heterocycles. The van der Waals surface area contributed by atoms with E-state index in [1.54, 1.807) is 31.4 Å².